The Morgan fingerprint density at radius 3 is 2.33 bits per heavy atom. The van der Waals surface area contributed by atoms with Crippen molar-refractivity contribution in [2.45, 2.75) is 33.0 Å². The molecule has 0 spiro atoms. The third-order valence-corrected chi connectivity index (χ3v) is 3.11. The molecule has 2 heterocycles. The lowest BCUT2D eigenvalue weighted by Gasteiger charge is -2.26. The highest BCUT2D eigenvalue weighted by atomic mass is 16.7. The van der Waals surface area contributed by atoms with Crippen molar-refractivity contribution >= 4 is 0 Å². The molecule has 1 aliphatic heterocycles. The summed E-state index contributed by atoms with van der Waals surface area (Å²) in [4.78, 5) is 0. The average Bonchev–Trinajstić information content (AvgIpc) is 2.75. The molecule has 0 atom stereocenters. The number of rotatable bonds is 2. The maximum atomic E-state index is 5.78. The van der Waals surface area contributed by atoms with Crippen molar-refractivity contribution in [2.24, 2.45) is 7.05 Å². The third-order valence-electron chi connectivity index (χ3n) is 3.11. The normalized spacial score (nSPS) is 19.7. The van der Waals surface area contributed by atoms with E-state index in [-0.39, 0.29) is 0 Å². The van der Waals surface area contributed by atoms with Gasteiger partial charge in [0.2, 0.25) is 0 Å². The SMILES string of the molecule is CCC1(c2c(C)nn(C)c2C)OCCO1. The summed E-state index contributed by atoms with van der Waals surface area (Å²) in [6.07, 6.45) is 0.820. The van der Waals surface area contributed by atoms with Gasteiger partial charge in [-0.05, 0) is 13.8 Å². The first kappa shape index (κ1) is 10.6. The van der Waals surface area contributed by atoms with Crippen molar-refractivity contribution in [1.82, 2.24) is 9.78 Å². The quantitative estimate of drug-likeness (QED) is 0.744. The van der Waals surface area contributed by atoms with Gasteiger partial charge >= 0.3 is 0 Å². The Morgan fingerprint density at radius 1 is 1.33 bits per heavy atom. The molecule has 4 heteroatoms. The lowest BCUT2D eigenvalue weighted by Crippen LogP contribution is -2.27. The van der Waals surface area contributed by atoms with Crippen LogP contribution in [0.25, 0.3) is 0 Å². The smallest absolute Gasteiger partial charge is 0.198 e. The van der Waals surface area contributed by atoms with Crippen LogP contribution >= 0.6 is 0 Å². The van der Waals surface area contributed by atoms with E-state index in [1.54, 1.807) is 0 Å². The van der Waals surface area contributed by atoms with E-state index in [1.165, 1.54) is 0 Å². The number of nitrogens with zero attached hydrogens (tertiary/aromatic N) is 2. The van der Waals surface area contributed by atoms with Crippen LogP contribution in [0.15, 0.2) is 0 Å². The van der Waals surface area contributed by atoms with Crippen LogP contribution in [0, 0.1) is 13.8 Å². The lowest BCUT2D eigenvalue weighted by atomic mass is 10.0. The second-order valence-corrected chi connectivity index (χ2v) is 3.97. The van der Waals surface area contributed by atoms with E-state index < -0.39 is 5.79 Å². The summed E-state index contributed by atoms with van der Waals surface area (Å²) >= 11 is 0. The van der Waals surface area contributed by atoms with Gasteiger partial charge in [0.1, 0.15) is 0 Å². The summed E-state index contributed by atoms with van der Waals surface area (Å²) in [5.74, 6) is -0.553. The van der Waals surface area contributed by atoms with Crippen LogP contribution in [0.2, 0.25) is 0 Å². The van der Waals surface area contributed by atoms with Crippen LogP contribution in [0.1, 0.15) is 30.3 Å². The van der Waals surface area contributed by atoms with Crippen LogP contribution in [0.3, 0.4) is 0 Å². The summed E-state index contributed by atoms with van der Waals surface area (Å²) in [7, 11) is 1.95. The van der Waals surface area contributed by atoms with E-state index in [1.807, 2.05) is 18.7 Å². The second-order valence-electron chi connectivity index (χ2n) is 3.97. The predicted molar refractivity (Wildman–Crippen MR) is 56.6 cm³/mol. The Bertz CT molecular complexity index is 365. The molecule has 0 radical (unpaired) electrons. The maximum absolute atomic E-state index is 5.78. The van der Waals surface area contributed by atoms with Crippen molar-refractivity contribution in [3.8, 4) is 0 Å². The first-order valence-corrected chi connectivity index (χ1v) is 5.39. The number of hydrogen-bond acceptors (Lipinski definition) is 3. The second kappa shape index (κ2) is 3.61. The van der Waals surface area contributed by atoms with Gasteiger partial charge in [0.05, 0.1) is 24.5 Å². The zero-order chi connectivity index (χ0) is 11.1. The molecule has 1 aromatic heterocycles. The Kier molecular flexibility index (Phi) is 2.56. The molecule has 0 bridgehead atoms. The highest BCUT2D eigenvalue weighted by Gasteiger charge is 2.40. The Morgan fingerprint density at radius 2 is 1.93 bits per heavy atom. The Hall–Kier alpha value is -0.870. The molecule has 1 aromatic rings. The van der Waals surface area contributed by atoms with Gasteiger partial charge in [0.25, 0.3) is 0 Å². The van der Waals surface area contributed by atoms with Crippen LogP contribution in [0.5, 0.6) is 0 Å². The molecule has 0 aliphatic carbocycles. The van der Waals surface area contributed by atoms with Crippen LogP contribution in [-0.2, 0) is 22.3 Å². The van der Waals surface area contributed by atoms with Gasteiger partial charge in [0, 0.05) is 19.2 Å². The minimum absolute atomic E-state index is 0.553. The van der Waals surface area contributed by atoms with E-state index in [2.05, 4.69) is 18.9 Å². The van der Waals surface area contributed by atoms with Crippen molar-refractivity contribution in [2.75, 3.05) is 13.2 Å². The molecule has 0 aromatic carbocycles. The van der Waals surface area contributed by atoms with E-state index in [0.717, 1.165) is 23.4 Å². The molecule has 4 nitrogen and oxygen atoms in total. The minimum Gasteiger partial charge on any atom is -0.343 e. The zero-order valence-electron chi connectivity index (χ0n) is 9.83. The highest BCUT2D eigenvalue weighted by molar-refractivity contribution is 5.29. The summed E-state index contributed by atoms with van der Waals surface area (Å²) < 4.78 is 13.4. The number of aromatic nitrogens is 2. The van der Waals surface area contributed by atoms with E-state index in [0.29, 0.717) is 13.2 Å². The first-order chi connectivity index (χ1) is 7.10. The number of aryl methyl sites for hydroxylation is 2. The zero-order valence-corrected chi connectivity index (χ0v) is 9.83. The molecule has 1 aliphatic rings. The molecule has 15 heavy (non-hydrogen) atoms. The molecule has 0 amide bonds. The fourth-order valence-electron chi connectivity index (χ4n) is 2.30. The Labute approximate surface area is 90.2 Å². The lowest BCUT2D eigenvalue weighted by molar-refractivity contribution is -0.168. The molecular weight excluding hydrogens is 192 g/mol. The molecule has 0 N–H and O–H groups in total. The van der Waals surface area contributed by atoms with Gasteiger partial charge in [-0.3, -0.25) is 4.68 Å². The fourth-order valence-corrected chi connectivity index (χ4v) is 2.30. The summed E-state index contributed by atoms with van der Waals surface area (Å²) in [6.45, 7) is 7.48. The predicted octanol–water partition coefficient (Wildman–Crippen LogP) is 1.65. The molecule has 1 fully saturated rings. The molecule has 0 unspecified atom stereocenters. The topological polar surface area (TPSA) is 36.3 Å². The third kappa shape index (κ3) is 1.48. The van der Waals surface area contributed by atoms with Crippen molar-refractivity contribution in [1.29, 1.82) is 0 Å². The largest absolute Gasteiger partial charge is 0.343 e. The minimum atomic E-state index is -0.553. The van der Waals surface area contributed by atoms with E-state index >= 15 is 0 Å². The van der Waals surface area contributed by atoms with Gasteiger partial charge in [-0.15, -0.1) is 0 Å². The highest BCUT2D eigenvalue weighted by Crippen LogP contribution is 2.37. The van der Waals surface area contributed by atoms with Gasteiger partial charge in [-0.2, -0.15) is 5.10 Å². The number of hydrogen-bond donors (Lipinski definition) is 0. The monoisotopic (exact) mass is 210 g/mol. The van der Waals surface area contributed by atoms with Crippen LogP contribution in [-0.4, -0.2) is 23.0 Å². The summed E-state index contributed by atoms with van der Waals surface area (Å²) in [6, 6.07) is 0. The van der Waals surface area contributed by atoms with Crippen LogP contribution < -0.4 is 0 Å². The van der Waals surface area contributed by atoms with Gasteiger partial charge in [0.15, 0.2) is 5.79 Å². The molecule has 2 rings (SSSR count). The van der Waals surface area contributed by atoms with Crippen LogP contribution in [0.4, 0.5) is 0 Å². The maximum Gasteiger partial charge on any atom is 0.198 e. The van der Waals surface area contributed by atoms with E-state index in [9.17, 15) is 0 Å². The fraction of sp³-hybridized carbons (Fsp3) is 0.727. The molecule has 0 saturated carbocycles. The molecular formula is C11H18N2O2. The van der Waals surface area contributed by atoms with Gasteiger partial charge in [-0.1, -0.05) is 6.92 Å². The molecule has 84 valence electrons. The van der Waals surface area contributed by atoms with Crippen molar-refractivity contribution in [3.05, 3.63) is 17.0 Å². The first-order valence-electron chi connectivity index (χ1n) is 5.39. The summed E-state index contributed by atoms with van der Waals surface area (Å²) in [5.41, 5.74) is 3.22. The van der Waals surface area contributed by atoms with Crippen molar-refractivity contribution in [3.63, 3.8) is 0 Å². The molecule has 1 saturated heterocycles. The average molecular weight is 210 g/mol. The Balaban J connectivity index is 2.51. The standard InChI is InChI=1S/C11H18N2O2/c1-5-11(14-6-7-15-11)10-8(2)12-13(4)9(10)3/h5-7H2,1-4H3. The number of ether oxygens (including phenoxy) is 2. The van der Waals surface area contributed by atoms with Gasteiger partial charge in [-0.25, -0.2) is 0 Å². The van der Waals surface area contributed by atoms with Gasteiger partial charge < -0.3 is 9.47 Å². The van der Waals surface area contributed by atoms with E-state index in [4.69, 9.17) is 9.47 Å². The van der Waals surface area contributed by atoms with Crippen molar-refractivity contribution < 1.29 is 9.47 Å². The summed E-state index contributed by atoms with van der Waals surface area (Å²) in [5, 5.41) is 4.40.